The summed E-state index contributed by atoms with van der Waals surface area (Å²) in [5.41, 5.74) is 1.29. The van der Waals surface area contributed by atoms with Crippen LogP contribution >= 0.6 is 15.9 Å². The van der Waals surface area contributed by atoms with Gasteiger partial charge in [-0.25, -0.2) is 0 Å². The summed E-state index contributed by atoms with van der Waals surface area (Å²) in [6.07, 6.45) is 1.07. The van der Waals surface area contributed by atoms with Gasteiger partial charge in [0.15, 0.2) is 0 Å². The molecule has 0 aliphatic rings. The molecule has 1 unspecified atom stereocenters. The van der Waals surface area contributed by atoms with Gasteiger partial charge in [0.25, 0.3) is 0 Å². The van der Waals surface area contributed by atoms with E-state index in [0.29, 0.717) is 17.6 Å². The van der Waals surface area contributed by atoms with Gasteiger partial charge in [0.05, 0.1) is 0 Å². The molecule has 14 heavy (non-hydrogen) atoms. The third-order valence-corrected chi connectivity index (χ3v) is 3.41. The highest BCUT2D eigenvalue weighted by Crippen LogP contribution is 2.20. The molecule has 1 N–H and O–H groups in total. The van der Waals surface area contributed by atoms with Gasteiger partial charge in [-0.3, -0.25) is 0 Å². The van der Waals surface area contributed by atoms with E-state index >= 15 is 0 Å². The highest BCUT2D eigenvalue weighted by atomic mass is 79.9. The molecule has 0 spiro atoms. The first-order chi connectivity index (χ1) is 6.63. The summed E-state index contributed by atoms with van der Waals surface area (Å²) in [5.74, 6) is 1.69. The molecule has 0 heterocycles. The van der Waals surface area contributed by atoms with Gasteiger partial charge >= 0.3 is 0 Å². The molecule has 0 radical (unpaired) electrons. The number of halogens is 1. The van der Waals surface area contributed by atoms with Crippen LogP contribution in [0.25, 0.3) is 0 Å². The fourth-order valence-corrected chi connectivity index (χ4v) is 2.38. The average Bonchev–Trinajstić information content (AvgIpc) is 2.16. The number of rotatable bonds is 4. The zero-order valence-electron chi connectivity index (χ0n) is 8.70. The molecule has 0 bridgehead atoms. The summed E-state index contributed by atoms with van der Waals surface area (Å²) in [6, 6.07) is 7.49. The van der Waals surface area contributed by atoms with Gasteiger partial charge in [-0.2, -0.15) is 0 Å². The van der Waals surface area contributed by atoms with E-state index in [9.17, 15) is 0 Å². The molecule has 0 saturated heterocycles. The van der Waals surface area contributed by atoms with Crippen molar-refractivity contribution in [3.05, 3.63) is 29.8 Å². The molecule has 0 aliphatic heterocycles. The van der Waals surface area contributed by atoms with Crippen LogP contribution in [0.5, 0.6) is 5.75 Å². The predicted octanol–water partition coefficient (Wildman–Crippen LogP) is 3.60. The van der Waals surface area contributed by atoms with Crippen molar-refractivity contribution in [2.75, 3.05) is 5.33 Å². The van der Waals surface area contributed by atoms with Gasteiger partial charge in [0.1, 0.15) is 5.75 Å². The van der Waals surface area contributed by atoms with Crippen LogP contribution in [0.3, 0.4) is 0 Å². The van der Waals surface area contributed by atoms with E-state index in [0.717, 1.165) is 11.8 Å². The smallest absolute Gasteiger partial charge is 0.115 e. The van der Waals surface area contributed by atoms with Crippen LogP contribution in [0.4, 0.5) is 0 Å². The first-order valence-corrected chi connectivity index (χ1v) is 6.09. The second-order valence-electron chi connectivity index (χ2n) is 4.03. The maximum Gasteiger partial charge on any atom is 0.115 e. The molecular formula is C12H17BrO. The Morgan fingerprint density at radius 2 is 1.79 bits per heavy atom. The minimum atomic E-state index is 0.341. The lowest BCUT2D eigenvalue weighted by atomic mass is 9.91. The largest absolute Gasteiger partial charge is 0.508 e. The van der Waals surface area contributed by atoms with E-state index in [-0.39, 0.29) is 0 Å². The Hall–Kier alpha value is -0.500. The van der Waals surface area contributed by atoms with Crippen molar-refractivity contribution in [3.63, 3.8) is 0 Å². The fourth-order valence-electron chi connectivity index (χ4n) is 1.40. The van der Waals surface area contributed by atoms with E-state index in [1.165, 1.54) is 5.56 Å². The SMILES string of the molecule is CC(C)C(CBr)Cc1ccc(O)cc1. The van der Waals surface area contributed by atoms with Crippen molar-refractivity contribution in [1.29, 1.82) is 0 Å². The summed E-state index contributed by atoms with van der Waals surface area (Å²) in [5, 5.41) is 10.2. The van der Waals surface area contributed by atoms with Crippen molar-refractivity contribution in [2.24, 2.45) is 11.8 Å². The topological polar surface area (TPSA) is 20.2 Å². The molecule has 1 aromatic carbocycles. The molecule has 1 nitrogen and oxygen atoms in total. The van der Waals surface area contributed by atoms with Crippen LogP contribution in [0.15, 0.2) is 24.3 Å². The molecule has 2 heteroatoms. The van der Waals surface area contributed by atoms with Crippen LogP contribution in [0.1, 0.15) is 19.4 Å². The standard InChI is InChI=1S/C12H17BrO/c1-9(2)11(8-13)7-10-3-5-12(14)6-4-10/h3-6,9,11,14H,7-8H2,1-2H3. The predicted molar refractivity (Wildman–Crippen MR) is 63.9 cm³/mol. The minimum absolute atomic E-state index is 0.341. The fraction of sp³-hybridized carbons (Fsp3) is 0.500. The molecule has 0 saturated carbocycles. The van der Waals surface area contributed by atoms with E-state index in [2.05, 4.69) is 29.8 Å². The molecular weight excluding hydrogens is 240 g/mol. The Balaban J connectivity index is 2.63. The van der Waals surface area contributed by atoms with Crippen molar-refractivity contribution in [1.82, 2.24) is 0 Å². The zero-order valence-corrected chi connectivity index (χ0v) is 10.3. The highest BCUT2D eigenvalue weighted by molar-refractivity contribution is 9.09. The highest BCUT2D eigenvalue weighted by Gasteiger charge is 2.12. The lowest BCUT2D eigenvalue weighted by Gasteiger charge is -2.17. The Labute approximate surface area is 94.3 Å². The van der Waals surface area contributed by atoms with Gasteiger partial charge in [-0.05, 0) is 36.0 Å². The molecule has 0 amide bonds. The van der Waals surface area contributed by atoms with Gasteiger partial charge < -0.3 is 5.11 Å². The summed E-state index contributed by atoms with van der Waals surface area (Å²) in [6.45, 7) is 4.48. The monoisotopic (exact) mass is 256 g/mol. The summed E-state index contributed by atoms with van der Waals surface area (Å²) < 4.78 is 0. The first kappa shape index (κ1) is 11.6. The third kappa shape index (κ3) is 3.33. The molecule has 1 rings (SSSR count). The van der Waals surface area contributed by atoms with Crippen LogP contribution in [0.2, 0.25) is 0 Å². The van der Waals surface area contributed by atoms with Crippen LogP contribution in [-0.2, 0) is 6.42 Å². The van der Waals surface area contributed by atoms with Crippen LogP contribution < -0.4 is 0 Å². The lowest BCUT2D eigenvalue weighted by Crippen LogP contribution is -2.13. The maximum absolute atomic E-state index is 9.15. The van der Waals surface area contributed by atoms with Crippen molar-refractivity contribution in [3.8, 4) is 5.75 Å². The zero-order chi connectivity index (χ0) is 10.6. The Morgan fingerprint density at radius 1 is 1.21 bits per heavy atom. The lowest BCUT2D eigenvalue weighted by molar-refractivity contribution is 0.426. The van der Waals surface area contributed by atoms with E-state index in [1.807, 2.05) is 12.1 Å². The van der Waals surface area contributed by atoms with E-state index in [1.54, 1.807) is 12.1 Å². The second kappa shape index (κ2) is 5.40. The summed E-state index contributed by atoms with van der Waals surface area (Å²) in [4.78, 5) is 0. The Bertz CT molecular complexity index is 266. The number of phenols is 1. The maximum atomic E-state index is 9.15. The van der Waals surface area contributed by atoms with Crippen molar-refractivity contribution >= 4 is 15.9 Å². The number of alkyl halides is 1. The van der Waals surface area contributed by atoms with Crippen molar-refractivity contribution < 1.29 is 5.11 Å². The molecule has 1 atom stereocenters. The van der Waals surface area contributed by atoms with Gasteiger partial charge in [0.2, 0.25) is 0 Å². The van der Waals surface area contributed by atoms with E-state index in [4.69, 9.17) is 5.11 Å². The number of benzene rings is 1. The summed E-state index contributed by atoms with van der Waals surface area (Å²) in [7, 11) is 0. The number of hydrogen-bond acceptors (Lipinski definition) is 1. The number of aromatic hydroxyl groups is 1. The third-order valence-electron chi connectivity index (χ3n) is 2.58. The first-order valence-electron chi connectivity index (χ1n) is 4.97. The Kier molecular flexibility index (Phi) is 4.46. The van der Waals surface area contributed by atoms with E-state index < -0.39 is 0 Å². The molecule has 0 aromatic heterocycles. The molecule has 1 aromatic rings. The molecule has 78 valence electrons. The Morgan fingerprint density at radius 3 is 2.21 bits per heavy atom. The average molecular weight is 257 g/mol. The van der Waals surface area contributed by atoms with Crippen LogP contribution in [-0.4, -0.2) is 10.4 Å². The molecule has 0 aliphatic carbocycles. The summed E-state index contributed by atoms with van der Waals surface area (Å²) >= 11 is 3.54. The molecule has 0 fully saturated rings. The van der Waals surface area contributed by atoms with Crippen molar-refractivity contribution in [2.45, 2.75) is 20.3 Å². The van der Waals surface area contributed by atoms with Gasteiger partial charge in [0, 0.05) is 5.33 Å². The van der Waals surface area contributed by atoms with Crippen LogP contribution in [0, 0.1) is 11.8 Å². The number of phenolic OH excluding ortho intramolecular Hbond substituents is 1. The van der Waals surface area contributed by atoms with Gasteiger partial charge in [-0.15, -0.1) is 0 Å². The normalized spacial score (nSPS) is 13.1. The minimum Gasteiger partial charge on any atom is -0.508 e. The van der Waals surface area contributed by atoms with Gasteiger partial charge in [-0.1, -0.05) is 41.9 Å². The number of hydrogen-bond donors (Lipinski definition) is 1. The quantitative estimate of drug-likeness (QED) is 0.817. The second-order valence-corrected chi connectivity index (χ2v) is 4.68.